The quantitative estimate of drug-likeness (QED) is 0.736. The number of rotatable bonds is 3. The van der Waals surface area contributed by atoms with Crippen LogP contribution < -0.4 is 0 Å². The van der Waals surface area contributed by atoms with E-state index >= 15 is 0 Å². The van der Waals surface area contributed by atoms with Gasteiger partial charge >= 0.3 is 0 Å². The van der Waals surface area contributed by atoms with Crippen molar-refractivity contribution in [2.24, 2.45) is 0 Å². The Bertz CT molecular complexity index is 392. The third-order valence-electron chi connectivity index (χ3n) is 2.79. The molecule has 0 amide bonds. The molecule has 0 bridgehead atoms. The van der Waals surface area contributed by atoms with Crippen LogP contribution in [0.2, 0.25) is 0 Å². The van der Waals surface area contributed by atoms with E-state index < -0.39 is 0 Å². The van der Waals surface area contributed by atoms with Gasteiger partial charge < -0.3 is 0 Å². The van der Waals surface area contributed by atoms with E-state index in [1.807, 2.05) is 26.8 Å². The molecule has 1 rings (SSSR count). The zero-order valence-corrected chi connectivity index (χ0v) is 13.1. The summed E-state index contributed by atoms with van der Waals surface area (Å²) in [5.74, 6) is 0. The van der Waals surface area contributed by atoms with Crippen LogP contribution in [0.5, 0.6) is 0 Å². The lowest BCUT2D eigenvalue weighted by Crippen LogP contribution is -2.20. The Morgan fingerprint density at radius 1 is 1.35 bits per heavy atom. The summed E-state index contributed by atoms with van der Waals surface area (Å²) in [5, 5.41) is 9.32. The molecule has 0 spiro atoms. The summed E-state index contributed by atoms with van der Waals surface area (Å²) in [5.41, 5.74) is 1.97. The van der Waals surface area contributed by atoms with Gasteiger partial charge in [-0.3, -0.25) is 0 Å². The van der Waals surface area contributed by atoms with Gasteiger partial charge in [0.15, 0.2) is 0 Å². The number of halogens is 1. The highest BCUT2D eigenvalue weighted by molar-refractivity contribution is 9.10. The third kappa shape index (κ3) is 4.16. The van der Waals surface area contributed by atoms with Crippen LogP contribution in [-0.4, -0.2) is 0 Å². The molecule has 1 aromatic rings. The first-order chi connectivity index (χ1) is 8.03. The van der Waals surface area contributed by atoms with Crippen LogP contribution in [0, 0.1) is 18.3 Å². The number of hydrogen-bond donors (Lipinski definition) is 0. The van der Waals surface area contributed by atoms with Crippen LogP contribution >= 0.6 is 15.9 Å². The molecule has 0 heterocycles. The van der Waals surface area contributed by atoms with Crippen molar-refractivity contribution in [2.45, 2.75) is 52.9 Å². The zero-order valence-electron chi connectivity index (χ0n) is 11.5. The van der Waals surface area contributed by atoms with E-state index in [1.165, 1.54) is 5.56 Å². The minimum absolute atomic E-state index is 0.359. The molecule has 0 radical (unpaired) electrons. The molecule has 1 aromatic carbocycles. The van der Waals surface area contributed by atoms with Crippen LogP contribution in [0.1, 0.15) is 51.7 Å². The lowest BCUT2D eigenvalue weighted by molar-refractivity contribution is 0.541. The van der Waals surface area contributed by atoms with Crippen molar-refractivity contribution >= 4 is 15.9 Å². The summed E-state index contributed by atoms with van der Waals surface area (Å²) in [4.78, 5) is 0. The molecule has 1 nitrogen and oxygen atoms in total. The van der Waals surface area contributed by atoms with Crippen molar-refractivity contribution in [3.63, 3.8) is 0 Å². The summed E-state index contributed by atoms with van der Waals surface area (Å²) in [6.07, 6.45) is 1.93. The molecule has 0 aliphatic carbocycles. The highest BCUT2D eigenvalue weighted by Gasteiger charge is 2.27. The van der Waals surface area contributed by atoms with Crippen LogP contribution in [0.3, 0.4) is 0 Å². The van der Waals surface area contributed by atoms with Crippen LogP contribution in [0.25, 0.3) is 0 Å². The summed E-state index contributed by atoms with van der Waals surface area (Å²) in [7, 11) is 0. The second kappa shape index (κ2) is 7.50. The molecule has 0 N–H and O–H groups in total. The molecule has 17 heavy (non-hydrogen) atoms. The Kier molecular flexibility index (Phi) is 7.15. The number of benzene rings is 1. The van der Waals surface area contributed by atoms with Gasteiger partial charge in [-0.2, -0.15) is 5.26 Å². The smallest absolute Gasteiger partial charge is 0.0797 e. The van der Waals surface area contributed by atoms with Gasteiger partial charge in [-0.1, -0.05) is 49.2 Å². The molecule has 0 aliphatic heterocycles. The fourth-order valence-electron chi connectivity index (χ4n) is 1.94. The molecule has 0 aromatic heterocycles. The molecule has 2 heteroatoms. The van der Waals surface area contributed by atoms with Gasteiger partial charge in [0.2, 0.25) is 0 Å². The molecule has 0 saturated carbocycles. The lowest BCUT2D eigenvalue weighted by Gasteiger charge is -2.23. The SMILES string of the molecule is CC.CCCC(C)(C#N)c1cc(Br)ccc1C. The summed E-state index contributed by atoms with van der Waals surface area (Å²) in [6, 6.07) is 8.58. The minimum atomic E-state index is -0.359. The maximum absolute atomic E-state index is 9.32. The Morgan fingerprint density at radius 3 is 2.41 bits per heavy atom. The summed E-state index contributed by atoms with van der Waals surface area (Å²) < 4.78 is 1.04. The Hall–Kier alpha value is -0.810. The molecular weight excluding hydrogens is 274 g/mol. The van der Waals surface area contributed by atoms with Crippen molar-refractivity contribution in [3.05, 3.63) is 33.8 Å². The number of hydrogen-bond acceptors (Lipinski definition) is 1. The predicted molar refractivity (Wildman–Crippen MR) is 78.1 cm³/mol. The van der Waals surface area contributed by atoms with Crippen LogP contribution in [0.4, 0.5) is 0 Å². The summed E-state index contributed by atoms with van der Waals surface area (Å²) in [6.45, 7) is 10.2. The summed E-state index contributed by atoms with van der Waals surface area (Å²) >= 11 is 3.46. The maximum Gasteiger partial charge on any atom is 0.0797 e. The third-order valence-corrected chi connectivity index (χ3v) is 3.28. The van der Waals surface area contributed by atoms with Crippen LogP contribution in [0.15, 0.2) is 22.7 Å². The number of aryl methyl sites for hydroxylation is 1. The van der Waals surface area contributed by atoms with Gasteiger partial charge in [0.1, 0.15) is 0 Å². The molecule has 1 unspecified atom stereocenters. The van der Waals surface area contributed by atoms with E-state index in [4.69, 9.17) is 0 Å². The van der Waals surface area contributed by atoms with Gasteiger partial charge in [-0.05, 0) is 43.5 Å². The molecular formula is C15H22BrN. The highest BCUT2D eigenvalue weighted by atomic mass is 79.9. The zero-order chi connectivity index (χ0) is 13.5. The monoisotopic (exact) mass is 295 g/mol. The molecule has 1 atom stereocenters. The van der Waals surface area contributed by atoms with E-state index in [9.17, 15) is 5.26 Å². The molecule has 0 saturated heterocycles. The first-order valence-corrected chi connectivity index (χ1v) is 7.00. The van der Waals surface area contributed by atoms with Crippen molar-refractivity contribution in [1.82, 2.24) is 0 Å². The highest BCUT2D eigenvalue weighted by Crippen LogP contribution is 2.32. The lowest BCUT2D eigenvalue weighted by atomic mass is 9.78. The van der Waals surface area contributed by atoms with Crippen LogP contribution in [-0.2, 0) is 5.41 Å². The Morgan fingerprint density at radius 2 is 1.94 bits per heavy atom. The van der Waals surface area contributed by atoms with Gasteiger partial charge in [-0.25, -0.2) is 0 Å². The molecule has 0 aliphatic rings. The van der Waals surface area contributed by atoms with Gasteiger partial charge in [0, 0.05) is 4.47 Å². The maximum atomic E-state index is 9.32. The number of nitriles is 1. The van der Waals surface area contributed by atoms with Gasteiger partial charge in [0.05, 0.1) is 11.5 Å². The van der Waals surface area contributed by atoms with E-state index in [1.54, 1.807) is 0 Å². The fourth-order valence-corrected chi connectivity index (χ4v) is 2.30. The average Bonchev–Trinajstić information content (AvgIpc) is 2.35. The normalized spacial score (nSPS) is 13.0. The first kappa shape index (κ1) is 16.2. The van der Waals surface area contributed by atoms with Crippen molar-refractivity contribution in [3.8, 4) is 6.07 Å². The van der Waals surface area contributed by atoms with E-state index in [0.29, 0.717) is 0 Å². The molecule has 94 valence electrons. The predicted octanol–water partition coefficient (Wildman–Crippen LogP) is 5.37. The van der Waals surface area contributed by atoms with Gasteiger partial charge in [0.25, 0.3) is 0 Å². The minimum Gasteiger partial charge on any atom is -0.197 e. The van der Waals surface area contributed by atoms with Crippen molar-refractivity contribution in [2.75, 3.05) is 0 Å². The first-order valence-electron chi connectivity index (χ1n) is 6.21. The van der Waals surface area contributed by atoms with Gasteiger partial charge in [-0.15, -0.1) is 0 Å². The standard InChI is InChI=1S/C13H16BrN.C2H6/c1-4-7-13(3,9-15)12-8-11(14)6-5-10(12)2;1-2/h5-6,8H,4,7H2,1-3H3;1-2H3. The number of nitrogens with zero attached hydrogens (tertiary/aromatic N) is 1. The topological polar surface area (TPSA) is 23.8 Å². The van der Waals surface area contributed by atoms with Crippen molar-refractivity contribution in [1.29, 1.82) is 5.26 Å². The van der Waals surface area contributed by atoms with E-state index in [2.05, 4.69) is 48.0 Å². The molecule has 0 fully saturated rings. The van der Waals surface area contributed by atoms with E-state index in [0.717, 1.165) is 22.9 Å². The Labute approximate surface area is 114 Å². The second-order valence-corrected chi connectivity index (χ2v) is 5.07. The largest absolute Gasteiger partial charge is 0.197 e. The van der Waals surface area contributed by atoms with Crippen molar-refractivity contribution < 1.29 is 0 Å². The Balaban J connectivity index is 0.00000121. The fraction of sp³-hybridized carbons (Fsp3) is 0.533. The van der Waals surface area contributed by atoms with E-state index in [-0.39, 0.29) is 5.41 Å². The average molecular weight is 296 g/mol. The second-order valence-electron chi connectivity index (χ2n) is 4.15.